The zero-order chi connectivity index (χ0) is 18.4. The Hall–Kier alpha value is -2.51. The van der Waals surface area contributed by atoms with Gasteiger partial charge in [0.15, 0.2) is 0 Å². The Morgan fingerprint density at radius 2 is 2.04 bits per heavy atom. The Bertz CT molecular complexity index is 948. The van der Waals surface area contributed by atoms with Crippen LogP contribution in [0.3, 0.4) is 0 Å². The fourth-order valence-corrected chi connectivity index (χ4v) is 4.96. The van der Waals surface area contributed by atoms with Crippen LogP contribution in [-0.2, 0) is 0 Å². The molecule has 27 heavy (non-hydrogen) atoms. The molecule has 2 fully saturated rings. The van der Waals surface area contributed by atoms with Crippen molar-refractivity contribution < 1.29 is 9.32 Å². The van der Waals surface area contributed by atoms with Crippen LogP contribution in [0.1, 0.15) is 28.7 Å². The van der Waals surface area contributed by atoms with Gasteiger partial charge in [0.2, 0.25) is 11.7 Å². The van der Waals surface area contributed by atoms with Crippen molar-refractivity contribution in [2.24, 2.45) is 5.41 Å². The number of carbonyl (C=O) groups excluding carboxylic acids is 1. The van der Waals surface area contributed by atoms with E-state index in [4.69, 9.17) is 4.52 Å². The van der Waals surface area contributed by atoms with Crippen molar-refractivity contribution in [2.45, 2.75) is 12.5 Å². The van der Waals surface area contributed by atoms with Gasteiger partial charge in [-0.1, -0.05) is 35.5 Å². The van der Waals surface area contributed by atoms with E-state index in [2.05, 4.69) is 22.1 Å². The van der Waals surface area contributed by atoms with Gasteiger partial charge in [0.25, 0.3) is 5.91 Å². The van der Waals surface area contributed by atoms with E-state index in [0.29, 0.717) is 11.7 Å². The van der Waals surface area contributed by atoms with Crippen LogP contribution in [0, 0.1) is 5.41 Å². The van der Waals surface area contributed by atoms with Crippen LogP contribution in [0.4, 0.5) is 0 Å². The topological polar surface area (TPSA) is 62.5 Å². The van der Waals surface area contributed by atoms with E-state index < -0.39 is 0 Å². The van der Waals surface area contributed by atoms with Gasteiger partial charge < -0.3 is 9.42 Å². The molecule has 4 heterocycles. The molecule has 2 aliphatic heterocycles. The SMILES string of the molecule is CN1CC2(CC1c1nc(-c3ccccc3)no1)CN(C(=O)c1ccsc1)C2. The number of nitrogens with zero attached hydrogens (tertiary/aromatic N) is 4. The molecule has 1 amide bonds. The predicted octanol–water partition coefficient (Wildman–Crippen LogP) is 3.32. The molecule has 0 aliphatic carbocycles. The van der Waals surface area contributed by atoms with E-state index in [-0.39, 0.29) is 17.4 Å². The van der Waals surface area contributed by atoms with Crippen molar-refractivity contribution in [1.29, 1.82) is 0 Å². The molecule has 1 atom stereocenters. The first kappa shape index (κ1) is 16.6. The number of amides is 1. The largest absolute Gasteiger partial charge is 0.337 e. The standard InChI is InChI=1S/C20H20N4O2S/c1-23-11-20(12-24(13-20)19(25)15-7-8-27-10-15)9-16(23)18-21-17(22-26-18)14-5-3-2-4-6-14/h2-8,10,16H,9,11-13H2,1H3. The normalized spacial score (nSPS) is 21.5. The van der Waals surface area contributed by atoms with Crippen molar-refractivity contribution >= 4 is 17.2 Å². The lowest BCUT2D eigenvalue weighted by Crippen LogP contribution is -2.59. The number of thiophene rings is 1. The van der Waals surface area contributed by atoms with Gasteiger partial charge >= 0.3 is 0 Å². The highest BCUT2D eigenvalue weighted by atomic mass is 32.1. The fraction of sp³-hybridized carbons (Fsp3) is 0.350. The number of hydrogen-bond donors (Lipinski definition) is 0. The summed E-state index contributed by atoms with van der Waals surface area (Å²) in [6.45, 7) is 2.53. The van der Waals surface area contributed by atoms with Crippen LogP contribution < -0.4 is 0 Å². The molecule has 3 aromatic rings. The molecule has 2 aliphatic rings. The first-order valence-corrected chi connectivity index (χ1v) is 9.99. The second-order valence-electron chi connectivity index (χ2n) is 7.63. The number of aromatic nitrogens is 2. The summed E-state index contributed by atoms with van der Waals surface area (Å²) in [6, 6.07) is 11.9. The third kappa shape index (κ3) is 2.87. The smallest absolute Gasteiger partial charge is 0.254 e. The van der Waals surface area contributed by atoms with E-state index in [0.717, 1.165) is 37.2 Å². The first-order valence-electron chi connectivity index (χ1n) is 9.04. The van der Waals surface area contributed by atoms with Crippen molar-refractivity contribution in [2.75, 3.05) is 26.7 Å². The summed E-state index contributed by atoms with van der Waals surface area (Å²) >= 11 is 1.56. The average Bonchev–Trinajstić information content (AvgIpc) is 3.40. The lowest BCUT2D eigenvalue weighted by molar-refractivity contribution is 0.0115. The van der Waals surface area contributed by atoms with Gasteiger partial charge in [-0.3, -0.25) is 9.69 Å². The maximum atomic E-state index is 12.5. The minimum atomic E-state index is 0.105. The molecule has 5 rings (SSSR count). The zero-order valence-corrected chi connectivity index (χ0v) is 15.9. The van der Waals surface area contributed by atoms with Crippen LogP contribution in [0.2, 0.25) is 0 Å². The number of hydrogen-bond acceptors (Lipinski definition) is 6. The molecule has 1 unspecified atom stereocenters. The van der Waals surface area contributed by atoms with Crippen LogP contribution in [-0.4, -0.2) is 52.5 Å². The van der Waals surface area contributed by atoms with Gasteiger partial charge in [-0.15, -0.1) is 0 Å². The maximum Gasteiger partial charge on any atom is 0.254 e. The van der Waals surface area contributed by atoms with Crippen LogP contribution in [0.25, 0.3) is 11.4 Å². The third-order valence-corrected chi connectivity index (χ3v) is 6.29. The molecule has 7 heteroatoms. The summed E-state index contributed by atoms with van der Waals surface area (Å²) in [5.41, 5.74) is 1.88. The van der Waals surface area contributed by atoms with E-state index in [1.165, 1.54) is 0 Å². The number of benzene rings is 1. The van der Waals surface area contributed by atoms with Crippen molar-refractivity contribution in [3.8, 4) is 11.4 Å². The fourth-order valence-electron chi connectivity index (χ4n) is 4.33. The Morgan fingerprint density at radius 1 is 1.22 bits per heavy atom. The van der Waals surface area contributed by atoms with Gasteiger partial charge in [0, 0.05) is 36.0 Å². The summed E-state index contributed by atoms with van der Waals surface area (Å²) in [4.78, 5) is 21.4. The highest BCUT2D eigenvalue weighted by molar-refractivity contribution is 7.08. The number of carbonyl (C=O) groups is 1. The molecule has 0 saturated carbocycles. The first-order chi connectivity index (χ1) is 13.1. The van der Waals surface area contributed by atoms with Crippen LogP contribution in [0.5, 0.6) is 0 Å². The highest BCUT2D eigenvalue weighted by Gasteiger charge is 2.53. The average molecular weight is 380 g/mol. The quantitative estimate of drug-likeness (QED) is 0.698. The summed E-state index contributed by atoms with van der Waals surface area (Å²) in [7, 11) is 2.09. The van der Waals surface area contributed by atoms with E-state index >= 15 is 0 Å². The van der Waals surface area contributed by atoms with Gasteiger partial charge in [-0.2, -0.15) is 16.3 Å². The molecule has 0 N–H and O–H groups in total. The molecule has 2 aromatic heterocycles. The van der Waals surface area contributed by atoms with Crippen LogP contribution >= 0.6 is 11.3 Å². The zero-order valence-electron chi connectivity index (χ0n) is 15.0. The van der Waals surface area contributed by atoms with Crippen molar-refractivity contribution in [3.63, 3.8) is 0 Å². The number of likely N-dealkylation sites (tertiary alicyclic amines) is 2. The van der Waals surface area contributed by atoms with E-state index in [9.17, 15) is 4.79 Å². The minimum absolute atomic E-state index is 0.105. The lowest BCUT2D eigenvalue weighted by atomic mass is 9.77. The highest BCUT2D eigenvalue weighted by Crippen LogP contribution is 2.47. The van der Waals surface area contributed by atoms with Gasteiger partial charge in [0.1, 0.15) is 0 Å². The second-order valence-corrected chi connectivity index (χ2v) is 8.41. The van der Waals surface area contributed by atoms with Crippen molar-refractivity contribution in [1.82, 2.24) is 19.9 Å². The molecular weight excluding hydrogens is 360 g/mol. The Balaban J connectivity index is 1.29. The third-order valence-electron chi connectivity index (χ3n) is 5.61. The molecule has 1 aromatic carbocycles. The summed E-state index contributed by atoms with van der Waals surface area (Å²) in [5, 5.41) is 8.02. The molecule has 0 bridgehead atoms. The molecule has 2 saturated heterocycles. The molecule has 138 valence electrons. The Kier molecular flexibility index (Phi) is 3.87. The maximum absolute atomic E-state index is 12.5. The predicted molar refractivity (Wildman–Crippen MR) is 102 cm³/mol. The monoisotopic (exact) mass is 380 g/mol. The molecule has 6 nitrogen and oxygen atoms in total. The minimum Gasteiger partial charge on any atom is -0.337 e. The summed E-state index contributed by atoms with van der Waals surface area (Å²) in [5.74, 6) is 1.43. The molecule has 0 radical (unpaired) electrons. The Labute approximate surface area is 161 Å². The van der Waals surface area contributed by atoms with Gasteiger partial charge in [-0.25, -0.2) is 0 Å². The lowest BCUT2D eigenvalue weighted by Gasteiger charge is -2.48. The second kappa shape index (κ2) is 6.28. The Morgan fingerprint density at radius 3 is 2.78 bits per heavy atom. The van der Waals surface area contributed by atoms with E-state index in [1.807, 2.05) is 52.1 Å². The van der Waals surface area contributed by atoms with E-state index in [1.54, 1.807) is 11.3 Å². The molecule has 1 spiro atoms. The summed E-state index contributed by atoms with van der Waals surface area (Å²) < 4.78 is 5.59. The molecular formula is C20H20N4O2S. The number of rotatable bonds is 3. The van der Waals surface area contributed by atoms with Crippen molar-refractivity contribution in [3.05, 3.63) is 58.6 Å². The van der Waals surface area contributed by atoms with Gasteiger partial charge in [0.05, 0.1) is 11.6 Å². The van der Waals surface area contributed by atoms with Crippen LogP contribution in [0.15, 0.2) is 51.7 Å². The summed E-state index contributed by atoms with van der Waals surface area (Å²) in [6.07, 6.45) is 0.938. The van der Waals surface area contributed by atoms with Gasteiger partial charge in [-0.05, 0) is 24.9 Å².